The van der Waals surface area contributed by atoms with E-state index in [1.165, 1.54) is 20.9 Å². The van der Waals surface area contributed by atoms with Crippen LogP contribution in [0.1, 0.15) is 35.4 Å². The van der Waals surface area contributed by atoms with E-state index in [-0.39, 0.29) is 11.7 Å². The van der Waals surface area contributed by atoms with E-state index in [4.69, 9.17) is 0 Å². The number of fused-ring (bicyclic) bond motifs is 2. The van der Waals surface area contributed by atoms with E-state index in [9.17, 15) is 4.79 Å². The summed E-state index contributed by atoms with van der Waals surface area (Å²) in [4.78, 5) is 14.9. The van der Waals surface area contributed by atoms with Crippen LogP contribution < -0.4 is 5.32 Å². The van der Waals surface area contributed by atoms with Gasteiger partial charge in [-0.2, -0.15) is 0 Å². The number of carbonyl (C=O) groups is 1. The zero-order chi connectivity index (χ0) is 19.1. The van der Waals surface area contributed by atoms with Gasteiger partial charge in [-0.1, -0.05) is 59.8 Å². The summed E-state index contributed by atoms with van der Waals surface area (Å²) in [6, 6.07) is 23.5. The highest BCUT2D eigenvalue weighted by molar-refractivity contribution is 7.99. The highest BCUT2D eigenvalue weighted by Crippen LogP contribution is 2.45. The second-order valence-corrected chi connectivity index (χ2v) is 8.67. The topological polar surface area (TPSA) is 29.1 Å². The first-order chi connectivity index (χ1) is 13.7. The minimum absolute atomic E-state index is 0.220. The number of allylic oxidation sites excluding steroid dienone is 2. The van der Waals surface area contributed by atoms with Gasteiger partial charge in [-0.15, -0.1) is 0 Å². The highest BCUT2D eigenvalue weighted by atomic mass is 32.2. The Kier molecular flexibility index (Phi) is 4.33. The van der Waals surface area contributed by atoms with E-state index in [2.05, 4.69) is 79.0 Å². The molecule has 2 nitrogen and oxygen atoms in total. The van der Waals surface area contributed by atoms with Gasteiger partial charge in [0.2, 0.25) is 0 Å². The molecule has 1 unspecified atom stereocenters. The molecule has 1 aliphatic heterocycles. The van der Waals surface area contributed by atoms with Gasteiger partial charge >= 0.3 is 0 Å². The minimum Gasteiger partial charge on any atom is -0.354 e. The fourth-order valence-electron chi connectivity index (χ4n) is 4.01. The van der Waals surface area contributed by atoms with Gasteiger partial charge in [0.05, 0.1) is 11.4 Å². The van der Waals surface area contributed by atoms with Crippen LogP contribution >= 0.6 is 11.8 Å². The first-order valence-electron chi connectivity index (χ1n) is 9.64. The Labute approximate surface area is 169 Å². The van der Waals surface area contributed by atoms with E-state index >= 15 is 0 Å². The number of anilines is 2. The number of nitrogens with one attached hydrogen (secondary N) is 1. The monoisotopic (exact) mass is 383 g/mol. The molecule has 0 fully saturated rings. The van der Waals surface area contributed by atoms with Crippen molar-refractivity contribution in [2.75, 3.05) is 5.32 Å². The third-order valence-corrected chi connectivity index (χ3v) is 6.68. The summed E-state index contributed by atoms with van der Waals surface area (Å²) in [5.74, 6) is 0.476. The number of aryl methyl sites for hydroxylation is 1. The Morgan fingerprint density at radius 3 is 2.54 bits per heavy atom. The fourth-order valence-corrected chi connectivity index (χ4v) is 4.98. The predicted octanol–water partition coefficient (Wildman–Crippen LogP) is 6.73. The largest absolute Gasteiger partial charge is 0.354 e. The van der Waals surface area contributed by atoms with Crippen molar-refractivity contribution in [3.8, 4) is 0 Å². The second kappa shape index (κ2) is 6.99. The smallest absolute Gasteiger partial charge is 0.156 e. The summed E-state index contributed by atoms with van der Waals surface area (Å²) in [6.07, 6.45) is 3.34. The molecular formula is C25H21NOS. The number of hydrogen-bond donors (Lipinski definition) is 1. The third kappa shape index (κ3) is 3.27. The molecule has 0 saturated heterocycles. The Bertz CT molecular complexity index is 1100. The summed E-state index contributed by atoms with van der Waals surface area (Å²) >= 11 is 1.79. The Balaban J connectivity index is 1.45. The maximum Gasteiger partial charge on any atom is 0.156 e. The van der Waals surface area contributed by atoms with Gasteiger partial charge in [0, 0.05) is 16.2 Å². The van der Waals surface area contributed by atoms with Crippen molar-refractivity contribution < 1.29 is 4.79 Å². The lowest BCUT2D eigenvalue weighted by Gasteiger charge is -2.25. The van der Waals surface area contributed by atoms with Crippen molar-refractivity contribution >= 4 is 34.5 Å². The SMILES string of the molecule is Cc1ccc(C2CC(=O)C=C(c3ccc4c(c3)Nc3ccccc3S4)C2)cc1. The maximum atomic E-state index is 12.5. The molecule has 0 radical (unpaired) electrons. The average Bonchev–Trinajstić information content (AvgIpc) is 2.72. The van der Waals surface area contributed by atoms with Gasteiger partial charge in [0.25, 0.3) is 0 Å². The van der Waals surface area contributed by atoms with Crippen LogP contribution in [0.15, 0.2) is 82.6 Å². The molecule has 1 atom stereocenters. The van der Waals surface area contributed by atoms with Crippen molar-refractivity contribution in [1.29, 1.82) is 0 Å². The molecule has 138 valence electrons. The van der Waals surface area contributed by atoms with Crippen molar-refractivity contribution in [1.82, 2.24) is 0 Å². The van der Waals surface area contributed by atoms with Crippen molar-refractivity contribution in [3.05, 3.63) is 89.5 Å². The van der Waals surface area contributed by atoms with Crippen LogP contribution in [0.3, 0.4) is 0 Å². The van der Waals surface area contributed by atoms with Crippen LogP contribution in [0.4, 0.5) is 11.4 Å². The normalized spacial score (nSPS) is 18.0. The summed E-state index contributed by atoms with van der Waals surface area (Å²) in [5.41, 5.74) is 7.03. The van der Waals surface area contributed by atoms with Crippen LogP contribution in [-0.4, -0.2) is 5.78 Å². The predicted molar refractivity (Wildman–Crippen MR) is 116 cm³/mol. The summed E-state index contributed by atoms with van der Waals surface area (Å²) in [6.45, 7) is 2.09. The number of hydrogen-bond acceptors (Lipinski definition) is 3. The molecule has 1 aliphatic carbocycles. The number of carbonyl (C=O) groups excluding carboxylic acids is 1. The van der Waals surface area contributed by atoms with Crippen LogP contribution in [0.5, 0.6) is 0 Å². The van der Waals surface area contributed by atoms with Gasteiger partial charge in [-0.3, -0.25) is 4.79 Å². The molecule has 0 amide bonds. The first kappa shape index (κ1) is 17.3. The minimum atomic E-state index is 0.220. The van der Waals surface area contributed by atoms with E-state index in [0.717, 1.165) is 28.9 Å². The zero-order valence-electron chi connectivity index (χ0n) is 15.7. The van der Waals surface area contributed by atoms with Gasteiger partial charge < -0.3 is 5.32 Å². The molecule has 0 aromatic heterocycles. The first-order valence-corrected chi connectivity index (χ1v) is 10.5. The molecule has 0 spiro atoms. The molecular weight excluding hydrogens is 362 g/mol. The van der Waals surface area contributed by atoms with E-state index in [0.29, 0.717) is 6.42 Å². The molecule has 2 aliphatic rings. The van der Waals surface area contributed by atoms with Crippen molar-refractivity contribution in [2.24, 2.45) is 0 Å². The van der Waals surface area contributed by atoms with Crippen molar-refractivity contribution in [2.45, 2.75) is 35.5 Å². The summed E-state index contributed by atoms with van der Waals surface area (Å²) in [7, 11) is 0. The highest BCUT2D eigenvalue weighted by Gasteiger charge is 2.24. The van der Waals surface area contributed by atoms with Gasteiger partial charge in [-0.05, 0) is 66.3 Å². The van der Waals surface area contributed by atoms with Crippen LogP contribution in [0, 0.1) is 6.92 Å². The number of rotatable bonds is 2. The number of benzene rings is 3. The lowest BCUT2D eigenvalue weighted by molar-refractivity contribution is -0.115. The third-order valence-electron chi connectivity index (χ3n) is 5.52. The standard InChI is InChI=1S/C25H21NOS/c1-16-6-8-17(9-7-16)19-12-20(14-21(27)13-19)18-10-11-25-23(15-18)26-22-4-2-3-5-24(22)28-25/h2-11,14-15,19,26H,12-13H2,1H3. The molecule has 0 saturated carbocycles. The van der Waals surface area contributed by atoms with Crippen LogP contribution in [0.2, 0.25) is 0 Å². The molecule has 5 rings (SSSR count). The Morgan fingerprint density at radius 2 is 1.68 bits per heavy atom. The van der Waals surface area contributed by atoms with Crippen LogP contribution in [-0.2, 0) is 4.79 Å². The van der Waals surface area contributed by atoms with E-state index in [1.54, 1.807) is 11.8 Å². The van der Waals surface area contributed by atoms with Gasteiger partial charge in [-0.25, -0.2) is 0 Å². The molecule has 1 heterocycles. The Morgan fingerprint density at radius 1 is 0.893 bits per heavy atom. The fraction of sp³-hybridized carbons (Fsp3) is 0.160. The zero-order valence-corrected chi connectivity index (χ0v) is 16.6. The molecule has 28 heavy (non-hydrogen) atoms. The molecule has 3 aromatic carbocycles. The second-order valence-electron chi connectivity index (χ2n) is 7.59. The lowest BCUT2D eigenvalue weighted by Crippen LogP contribution is -2.12. The molecule has 3 heteroatoms. The van der Waals surface area contributed by atoms with Crippen LogP contribution in [0.25, 0.3) is 5.57 Å². The number of ketones is 1. The van der Waals surface area contributed by atoms with Gasteiger partial charge in [0.15, 0.2) is 5.78 Å². The van der Waals surface area contributed by atoms with Gasteiger partial charge in [0.1, 0.15) is 0 Å². The average molecular weight is 384 g/mol. The van der Waals surface area contributed by atoms with E-state index < -0.39 is 0 Å². The lowest BCUT2D eigenvalue weighted by atomic mass is 9.81. The molecule has 0 bridgehead atoms. The molecule has 3 aromatic rings. The summed E-state index contributed by atoms with van der Waals surface area (Å²) < 4.78 is 0. The summed E-state index contributed by atoms with van der Waals surface area (Å²) in [5, 5.41) is 3.55. The van der Waals surface area contributed by atoms with E-state index in [1.807, 2.05) is 6.08 Å². The molecule has 1 N–H and O–H groups in total. The quantitative estimate of drug-likeness (QED) is 0.416. The number of para-hydroxylation sites is 1. The van der Waals surface area contributed by atoms with Crippen molar-refractivity contribution in [3.63, 3.8) is 0 Å². The maximum absolute atomic E-state index is 12.5. The Hall–Kier alpha value is -2.78.